The smallest absolute Gasteiger partial charge is 0.320 e. The van der Waals surface area contributed by atoms with Crippen LogP contribution in [0.2, 0.25) is 0 Å². The Bertz CT molecular complexity index is 225. The van der Waals surface area contributed by atoms with E-state index in [4.69, 9.17) is 5.11 Å². The van der Waals surface area contributed by atoms with E-state index in [0.717, 1.165) is 13.1 Å². The Labute approximate surface area is 104 Å². The predicted molar refractivity (Wildman–Crippen MR) is 69.2 cm³/mol. The lowest BCUT2D eigenvalue weighted by atomic mass is 10.0. The van der Waals surface area contributed by atoms with E-state index in [1.54, 1.807) is 0 Å². The fourth-order valence-corrected chi connectivity index (χ4v) is 2.32. The number of nitrogens with zero attached hydrogens (tertiary/aromatic N) is 1. The third-order valence-corrected chi connectivity index (χ3v) is 3.27. The van der Waals surface area contributed by atoms with E-state index in [9.17, 15) is 4.79 Å². The zero-order valence-corrected chi connectivity index (χ0v) is 11.1. The summed E-state index contributed by atoms with van der Waals surface area (Å²) >= 11 is 0. The number of nitrogens with one attached hydrogen (secondary N) is 1. The number of carboxylic acid groups (broad SMARTS) is 1. The molecule has 0 aromatic rings. The molecule has 0 aromatic carbocycles. The van der Waals surface area contributed by atoms with Crippen molar-refractivity contribution in [2.24, 2.45) is 5.92 Å². The number of carboxylic acids is 1. The third-order valence-electron chi connectivity index (χ3n) is 3.27. The Kier molecular flexibility index (Phi) is 6.52. The van der Waals surface area contributed by atoms with Crippen molar-refractivity contribution < 1.29 is 9.90 Å². The highest BCUT2D eigenvalue weighted by atomic mass is 16.4. The molecule has 2 N–H and O–H groups in total. The van der Waals surface area contributed by atoms with E-state index < -0.39 is 5.97 Å². The van der Waals surface area contributed by atoms with Crippen molar-refractivity contribution in [2.75, 3.05) is 26.2 Å². The molecule has 1 aliphatic rings. The molecule has 0 aliphatic carbocycles. The Balaban J connectivity index is 2.19. The molecule has 0 bridgehead atoms. The minimum Gasteiger partial charge on any atom is -0.480 e. The highest BCUT2D eigenvalue weighted by Crippen LogP contribution is 2.08. The van der Waals surface area contributed by atoms with Crippen LogP contribution in [0.5, 0.6) is 0 Å². The number of aliphatic carboxylic acids is 1. The van der Waals surface area contributed by atoms with Crippen LogP contribution in [0.1, 0.15) is 39.5 Å². The number of hydrogen-bond donors (Lipinski definition) is 2. The summed E-state index contributed by atoms with van der Waals surface area (Å²) in [6.45, 7) is 8.21. The highest BCUT2D eigenvalue weighted by molar-refractivity contribution is 5.73. The van der Waals surface area contributed by atoms with E-state index in [-0.39, 0.29) is 6.04 Å². The van der Waals surface area contributed by atoms with E-state index in [0.29, 0.717) is 12.3 Å². The van der Waals surface area contributed by atoms with E-state index in [2.05, 4.69) is 24.1 Å². The van der Waals surface area contributed by atoms with Crippen molar-refractivity contribution in [1.29, 1.82) is 0 Å². The summed E-state index contributed by atoms with van der Waals surface area (Å²) in [6.07, 6.45) is 4.62. The van der Waals surface area contributed by atoms with Gasteiger partial charge < -0.3 is 15.3 Å². The zero-order valence-electron chi connectivity index (χ0n) is 11.1. The van der Waals surface area contributed by atoms with Crippen LogP contribution < -0.4 is 5.32 Å². The van der Waals surface area contributed by atoms with Crippen LogP contribution in [-0.2, 0) is 4.79 Å². The summed E-state index contributed by atoms with van der Waals surface area (Å²) < 4.78 is 0. The van der Waals surface area contributed by atoms with Gasteiger partial charge in [0.05, 0.1) is 0 Å². The Morgan fingerprint density at radius 2 is 1.94 bits per heavy atom. The molecular weight excluding hydrogens is 216 g/mol. The van der Waals surface area contributed by atoms with Gasteiger partial charge in [0, 0.05) is 13.1 Å². The van der Waals surface area contributed by atoms with Crippen molar-refractivity contribution in [3.63, 3.8) is 0 Å². The molecule has 1 heterocycles. The van der Waals surface area contributed by atoms with Gasteiger partial charge in [0.15, 0.2) is 0 Å². The second-order valence-electron chi connectivity index (χ2n) is 5.38. The summed E-state index contributed by atoms with van der Waals surface area (Å²) in [6, 6.07) is -0.389. The van der Waals surface area contributed by atoms with Gasteiger partial charge in [0.25, 0.3) is 0 Å². The first-order chi connectivity index (χ1) is 8.09. The molecule has 4 heteroatoms. The quantitative estimate of drug-likeness (QED) is 0.711. The molecule has 1 aliphatic heterocycles. The van der Waals surface area contributed by atoms with Gasteiger partial charge in [0.1, 0.15) is 6.04 Å². The van der Waals surface area contributed by atoms with Gasteiger partial charge >= 0.3 is 5.97 Å². The first-order valence-corrected chi connectivity index (χ1v) is 6.78. The minimum absolute atomic E-state index is 0.389. The molecule has 0 saturated carbocycles. The van der Waals surface area contributed by atoms with Gasteiger partial charge in [-0.15, -0.1) is 0 Å². The first-order valence-electron chi connectivity index (χ1n) is 6.78. The summed E-state index contributed by atoms with van der Waals surface area (Å²) in [5, 5.41) is 12.2. The van der Waals surface area contributed by atoms with Crippen molar-refractivity contribution in [2.45, 2.75) is 45.6 Å². The molecule has 100 valence electrons. The summed E-state index contributed by atoms with van der Waals surface area (Å²) in [4.78, 5) is 13.5. The monoisotopic (exact) mass is 242 g/mol. The lowest BCUT2D eigenvalue weighted by Crippen LogP contribution is -2.43. The molecule has 1 atom stereocenters. The minimum atomic E-state index is -0.725. The molecule has 0 aromatic heterocycles. The van der Waals surface area contributed by atoms with Crippen LogP contribution in [0.4, 0.5) is 0 Å². The number of carbonyl (C=O) groups is 1. The molecule has 1 rings (SSSR count). The Hall–Kier alpha value is -0.610. The Morgan fingerprint density at radius 1 is 1.29 bits per heavy atom. The molecule has 0 amide bonds. The third kappa shape index (κ3) is 6.03. The molecule has 1 fully saturated rings. The summed E-state index contributed by atoms with van der Waals surface area (Å²) in [5.74, 6) is -0.309. The van der Waals surface area contributed by atoms with E-state index >= 15 is 0 Å². The molecule has 4 nitrogen and oxygen atoms in total. The molecule has 0 radical (unpaired) electrons. The van der Waals surface area contributed by atoms with Gasteiger partial charge in [0.2, 0.25) is 0 Å². The second kappa shape index (κ2) is 7.67. The van der Waals surface area contributed by atoms with Crippen LogP contribution in [0, 0.1) is 5.92 Å². The summed E-state index contributed by atoms with van der Waals surface area (Å²) in [7, 11) is 0. The SMILES string of the molecule is CC(C)CC(NCCN1CCCCC1)C(=O)O. The maximum atomic E-state index is 11.0. The number of rotatable bonds is 7. The van der Waals surface area contributed by atoms with Crippen molar-refractivity contribution in [3.05, 3.63) is 0 Å². The maximum Gasteiger partial charge on any atom is 0.320 e. The molecule has 17 heavy (non-hydrogen) atoms. The lowest BCUT2D eigenvalue weighted by molar-refractivity contribution is -0.139. The Morgan fingerprint density at radius 3 is 2.47 bits per heavy atom. The molecule has 1 saturated heterocycles. The normalized spacial score (nSPS) is 19.5. The van der Waals surface area contributed by atoms with Crippen LogP contribution >= 0.6 is 0 Å². The average Bonchev–Trinajstić information content (AvgIpc) is 2.28. The largest absolute Gasteiger partial charge is 0.480 e. The fraction of sp³-hybridized carbons (Fsp3) is 0.923. The van der Waals surface area contributed by atoms with Crippen molar-refractivity contribution in [3.8, 4) is 0 Å². The number of likely N-dealkylation sites (tertiary alicyclic amines) is 1. The maximum absolute atomic E-state index is 11.0. The molecule has 0 spiro atoms. The number of piperidine rings is 1. The predicted octanol–water partition coefficient (Wildman–Crippen LogP) is 1.56. The van der Waals surface area contributed by atoms with Gasteiger partial charge in [-0.05, 0) is 38.3 Å². The van der Waals surface area contributed by atoms with Crippen LogP contribution in [0.15, 0.2) is 0 Å². The molecular formula is C13H26N2O2. The van der Waals surface area contributed by atoms with Crippen LogP contribution in [-0.4, -0.2) is 48.2 Å². The summed E-state index contributed by atoms with van der Waals surface area (Å²) in [5.41, 5.74) is 0. The lowest BCUT2D eigenvalue weighted by Gasteiger charge is -2.27. The van der Waals surface area contributed by atoms with Gasteiger partial charge in [-0.25, -0.2) is 0 Å². The van der Waals surface area contributed by atoms with Gasteiger partial charge in [-0.2, -0.15) is 0 Å². The molecule has 1 unspecified atom stereocenters. The standard InChI is InChI=1S/C13H26N2O2/c1-11(2)10-12(13(16)17)14-6-9-15-7-4-3-5-8-15/h11-12,14H,3-10H2,1-2H3,(H,16,17). The topological polar surface area (TPSA) is 52.6 Å². The first kappa shape index (κ1) is 14.5. The number of hydrogen-bond acceptors (Lipinski definition) is 3. The fourth-order valence-electron chi connectivity index (χ4n) is 2.32. The van der Waals surface area contributed by atoms with Crippen LogP contribution in [0.25, 0.3) is 0 Å². The van der Waals surface area contributed by atoms with Gasteiger partial charge in [-0.1, -0.05) is 20.3 Å². The van der Waals surface area contributed by atoms with Crippen molar-refractivity contribution >= 4 is 5.97 Å². The zero-order chi connectivity index (χ0) is 12.7. The van der Waals surface area contributed by atoms with Crippen molar-refractivity contribution in [1.82, 2.24) is 10.2 Å². The van der Waals surface area contributed by atoms with Crippen LogP contribution in [0.3, 0.4) is 0 Å². The van der Waals surface area contributed by atoms with E-state index in [1.807, 2.05) is 0 Å². The average molecular weight is 242 g/mol. The second-order valence-corrected chi connectivity index (χ2v) is 5.38. The highest BCUT2D eigenvalue weighted by Gasteiger charge is 2.18. The van der Waals surface area contributed by atoms with Gasteiger partial charge in [-0.3, -0.25) is 4.79 Å². The van der Waals surface area contributed by atoms with E-state index in [1.165, 1.54) is 32.4 Å².